The van der Waals surface area contributed by atoms with Crippen LogP contribution in [0, 0.1) is 17.8 Å². The van der Waals surface area contributed by atoms with Gasteiger partial charge in [0.05, 0.1) is 5.60 Å². The lowest BCUT2D eigenvalue weighted by molar-refractivity contribution is -0.183. The van der Waals surface area contributed by atoms with Gasteiger partial charge in [-0.25, -0.2) is 0 Å². The highest BCUT2D eigenvalue weighted by Gasteiger charge is 2.66. The van der Waals surface area contributed by atoms with Crippen molar-refractivity contribution in [3.63, 3.8) is 0 Å². The van der Waals surface area contributed by atoms with Crippen molar-refractivity contribution in [2.75, 3.05) is 13.1 Å². The Morgan fingerprint density at radius 1 is 1.31 bits per heavy atom. The molecule has 5 atom stereocenters. The molecule has 0 spiro atoms. The number of carbonyl (C=O) groups is 1. The molecule has 0 amide bonds. The Kier molecular flexibility index (Phi) is 4.60. The van der Waals surface area contributed by atoms with Crippen LogP contribution >= 0.6 is 0 Å². The third-order valence-electron chi connectivity index (χ3n) is 8.73. The number of hydrogen-bond acceptors (Lipinski definition) is 4. The molecule has 1 aromatic carbocycles. The lowest BCUT2D eigenvalue weighted by Crippen LogP contribution is -2.74. The van der Waals surface area contributed by atoms with E-state index in [1.54, 1.807) is 6.07 Å². The van der Waals surface area contributed by atoms with Crippen LogP contribution in [0.5, 0.6) is 5.75 Å². The van der Waals surface area contributed by atoms with Crippen LogP contribution in [0.4, 0.5) is 0 Å². The molecule has 5 rings (SSSR count). The van der Waals surface area contributed by atoms with Crippen LogP contribution in [-0.4, -0.2) is 45.6 Å². The minimum atomic E-state index is -0.882. The molecule has 0 aromatic heterocycles. The third-order valence-corrected chi connectivity index (χ3v) is 8.73. The molecule has 29 heavy (non-hydrogen) atoms. The van der Waals surface area contributed by atoms with E-state index in [9.17, 15) is 15.0 Å². The molecule has 3 fully saturated rings. The monoisotopic (exact) mass is 397 g/mol. The average molecular weight is 398 g/mol. The molecule has 3 aliphatic carbocycles. The van der Waals surface area contributed by atoms with Crippen LogP contribution in [0.1, 0.15) is 69.9 Å². The van der Waals surface area contributed by atoms with Gasteiger partial charge in [0, 0.05) is 30.3 Å². The summed E-state index contributed by atoms with van der Waals surface area (Å²) in [6.07, 6.45) is 7.22. The number of piperidine rings is 1. The molecule has 4 nitrogen and oxygen atoms in total. The zero-order valence-corrected chi connectivity index (χ0v) is 17.9. The Morgan fingerprint density at radius 2 is 2.10 bits per heavy atom. The summed E-state index contributed by atoms with van der Waals surface area (Å²) in [5.74, 6) is 1.82. The van der Waals surface area contributed by atoms with Gasteiger partial charge in [0.15, 0.2) is 0 Å². The molecule has 1 heterocycles. The van der Waals surface area contributed by atoms with E-state index in [4.69, 9.17) is 0 Å². The molecule has 158 valence electrons. The fourth-order valence-corrected chi connectivity index (χ4v) is 6.71. The van der Waals surface area contributed by atoms with Crippen molar-refractivity contribution >= 4 is 5.78 Å². The van der Waals surface area contributed by atoms with Crippen LogP contribution in [0.2, 0.25) is 0 Å². The van der Waals surface area contributed by atoms with E-state index in [1.165, 1.54) is 18.4 Å². The van der Waals surface area contributed by atoms with Gasteiger partial charge in [-0.05, 0) is 80.2 Å². The van der Waals surface area contributed by atoms with Gasteiger partial charge in [-0.3, -0.25) is 9.69 Å². The Hall–Kier alpha value is -1.39. The summed E-state index contributed by atoms with van der Waals surface area (Å²) < 4.78 is 0. The minimum Gasteiger partial charge on any atom is -0.508 e. The fourth-order valence-electron chi connectivity index (χ4n) is 6.71. The number of aliphatic hydroxyl groups is 1. The summed E-state index contributed by atoms with van der Waals surface area (Å²) in [5.41, 5.74) is 0.837. The number of hydrogen-bond donors (Lipinski definition) is 2. The van der Waals surface area contributed by atoms with E-state index in [0.29, 0.717) is 24.5 Å². The van der Waals surface area contributed by atoms with Crippen molar-refractivity contribution in [2.24, 2.45) is 17.8 Å². The van der Waals surface area contributed by atoms with Crippen molar-refractivity contribution in [1.29, 1.82) is 0 Å². The highest BCUT2D eigenvalue weighted by atomic mass is 16.3. The van der Waals surface area contributed by atoms with Gasteiger partial charge >= 0.3 is 0 Å². The second-order valence-corrected chi connectivity index (χ2v) is 10.5. The smallest absolute Gasteiger partial charge is 0.137 e. The SMILES string of the molecule is CCC(C)C[C@H]1C[C@@]2(O)[C@H]3Cc4ccc(O)cc4C2(CCN3CC2CC2)CC1=O. The minimum absolute atomic E-state index is 0.0368. The number of carbonyl (C=O) groups excluding carboxylic acids is 1. The normalized spacial score (nSPS) is 37.7. The topological polar surface area (TPSA) is 60.8 Å². The molecule has 2 N–H and O–H groups in total. The number of fused-ring (bicyclic) bond motifs is 1. The first-order valence-electron chi connectivity index (χ1n) is 11.7. The summed E-state index contributed by atoms with van der Waals surface area (Å²) in [6, 6.07) is 5.71. The summed E-state index contributed by atoms with van der Waals surface area (Å²) >= 11 is 0. The maximum absolute atomic E-state index is 13.3. The third kappa shape index (κ3) is 2.97. The summed E-state index contributed by atoms with van der Waals surface area (Å²) in [7, 11) is 0. The van der Waals surface area contributed by atoms with E-state index in [2.05, 4.69) is 18.7 Å². The summed E-state index contributed by atoms with van der Waals surface area (Å²) in [4.78, 5) is 15.9. The fraction of sp³-hybridized carbons (Fsp3) is 0.720. The number of phenolic OH excluding ortho intramolecular Hbond substituents is 1. The predicted molar refractivity (Wildman–Crippen MR) is 113 cm³/mol. The number of Topliss-reactive ketones (excluding diaryl/α,β-unsaturated/α-hetero) is 1. The quantitative estimate of drug-likeness (QED) is 0.793. The standard InChI is InChI=1S/C25H35NO3/c1-3-16(2)10-19-13-25(29)23-11-18-6-7-20(27)12-21(18)24(25,14-22(19)28)8-9-26(23)15-17-4-5-17/h6-7,12,16-17,19,23,27,29H,3-5,8-11,13-15H2,1-2H3/t16?,19-,23+,24?,25+/m0/s1. The number of ketones is 1. The predicted octanol–water partition coefficient (Wildman–Crippen LogP) is 3.82. The molecular weight excluding hydrogens is 362 g/mol. The van der Waals surface area contributed by atoms with E-state index in [-0.39, 0.29) is 17.7 Å². The van der Waals surface area contributed by atoms with Crippen molar-refractivity contribution < 1.29 is 15.0 Å². The highest BCUT2D eigenvalue weighted by molar-refractivity contribution is 5.85. The van der Waals surface area contributed by atoms with Crippen molar-refractivity contribution in [3.05, 3.63) is 29.3 Å². The molecule has 4 heteroatoms. The molecule has 1 aromatic rings. The van der Waals surface area contributed by atoms with Gasteiger partial charge in [-0.1, -0.05) is 26.3 Å². The van der Waals surface area contributed by atoms with Gasteiger partial charge in [0.2, 0.25) is 0 Å². The molecule has 4 aliphatic rings. The number of likely N-dealkylation sites (tertiary alicyclic amines) is 1. The van der Waals surface area contributed by atoms with Crippen molar-refractivity contribution in [1.82, 2.24) is 4.90 Å². The zero-order chi connectivity index (χ0) is 20.4. The molecule has 2 unspecified atom stereocenters. The van der Waals surface area contributed by atoms with Gasteiger partial charge in [-0.15, -0.1) is 0 Å². The van der Waals surface area contributed by atoms with E-state index < -0.39 is 11.0 Å². The van der Waals surface area contributed by atoms with Crippen LogP contribution in [0.3, 0.4) is 0 Å². The van der Waals surface area contributed by atoms with Crippen LogP contribution < -0.4 is 0 Å². The Labute approximate surface area is 174 Å². The van der Waals surface area contributed by atoms with Crippen molar-refractivity contribution in [2.45, 2.75) is 82.3 Å². The molecule has 2 bridgehead atoms. The first-order valence-corrected chi connectivity index (χ1v) is 11.7. The maximum atomic E-state index is 13.3. The Balaban J connectivity index is 1.58. The van der Waals surface area contributed by atoms with Gasteiger partial charge < -0.3 is 10.2 Å². The number of benzene rings is 1. The first-order chi connectivity index (χ1) is 13.9. The number of nitrogens with zero attached hydrogens (tertiary/aromatic N) is 1. The van der Waals surface area contributed by atoms with Gasteiger partial charge in [-0.2, -0.15) is 0 Å². The number of phenols is 1. The molecule has 1 aliphatic heterocycles. The van der Waals surface area contributed by atoms with E-state index >= 15 is 0 Å². The Bertz CT molecular complexity index is 818. The van der Waals surface area contributed by atoms with E-state index in [0.717, 1.165) is 50.3 Å². The molecule has 2 saturated carbocycles. The molecular formula is C25H35NO3. The second-order valence-electron chi connectivity index (χ2n) is 10.5. The largest absolute Gasteiger partial charge is 0.508 e. The average Bonchev–Trinajstić information content (AvgIpc) is 3.50. The lowest BCUT2D eigenvalue weighted by atomic mass is 9.47. The number of aromatic hydroxyl groups is 1. The lowest BCUT2D eigenvalue weighted by Gasteiger charge is -2.64. The van der Waals surface area contributed by atoms with Gasteiger partial charge in [0.25, 0.3) is 0 Å². The summed E-state index contributed by atoms with van der Waals surface area (Å²) in [5, 5.41) is 22.6. The zero-order valence-electron chi connectivity index (χ0n) is 17.9. The second kappa shape index (κ2) is 6.81. The summed E-state index contributed by atoms with van der Waals surface area (Å²) in [6.45, 7) is 6.43. The van der Waals surface area contributed by atoms with Crippen molar-refractivity contribution in [3.8, 4) is 5.75 Å². The molecule has 1 saturated heterocycles. The van der Waals surface area contributed by atoms with Crippen LogP contribution in [0.25, 0.3) is 0 Å². The molecule has 0 radical (unpaired) electrons. The van der Waals surface area contributed by atoms with Crippen LogP contribution in [-0.2, 0) is 16.6 Å². The highest BCUT2D eigenvalue weighted by Crippen LogP contribution is 2.59. The number of rotatable bonds is 5. The Morgan fingerprint density at radius 3 is 2.83 bits per heavy atom. The maximum Gasteiger partial charge on any atom is 0.137 e. The van der Waals surface area contributed by atoms with E-state index in [1.807, 2.05) is 12.1 Å². The van der Waals surface area contributed by atoms with Gasteiger partial charge in [0.1, 0.15) is 11.5 Å². The van der Waals surface area contributed by atoms with Crippen LogP contribution in [0.15, 0.2) is 18.2 Å². The first kappa shape index (κ1) is 19.6.